The molecule has 3 nitrogen and oxygen atoms in total. The Morgan fingerprint density at radius 1 is 1.47 bits per heavy atom. The molecule has 2 heterocycles. The van der Waals surface area contributed by atoms with Crippen LogP contribution in [-0.2, 0) is 13.6 Å². The van der Waals surface area contributed by atoms with E-state index in [0.29, 0.717) is 6.04 Å². The summed E-state index contributed by atoms with van der Waals surface area (Å²) in [6, 6.07) is 4.90. The Labute approximate surface area is 91.9 Å². The van der Waals surface area contributed by atoms with Crippen LogP contribution in [0.25, 0.3) is 0 Å². The topological polar surface area (TPSA) is 34.2 Å². The summed E-state index contributed by atoms with van der Waals surface area (Å²) in [5, 5.41) is 0. The van der Waals surface area contributed by atoms with Crippen LogP contribution in [0.1, 0.15) is 25.0 Å². The predicted octanol–water partition coefficient (Wildman–Crippen LogP) is 1.34. The molecule has 84 valence electrons. The van der Waals surface area contributed by atoms with Gasteiger partial charge in [-0.2, -0.15) is 0 Å². The quantitative estimate of drug-likeness (QED) is 0.811. The van der Waals surface area contributed by atoms with Crippen molar-refractivity contribution >= 4 is 0 Å². The number of hydrogen-bond acceptors (Lipinski definition) is 2. The molecule has 1 fully saturated rings. The number of likely N-dealkylation sites (tertiary alicyclic amines) is 1. The monoisotopic (exact) mass is 207 g/mol. The lowest BCUT2D eigenvalue weighted by Crippen LogP contribution is -2.43. The molecule has 1 unspecified atom stereocenters. The smallest absolute Gasteiger partial charge is 0.0390 e. The van der Waals surface area contributed by atoms with Crippen molar-refractivity contribution in [2.45, 2.75) is 31.8 Å². The van der Waals surface area contributed by atoms with Gasteiger partial charge in [0.15, 0.2) is 0 Å². The molecule has 1 atom stereocenters. The van der Waals surface area contributed by atoms with Crippen LogP contribution >= 0.6 is 0 Å². The van der Waals surface area contributed by atoms with Crippen LogP contribution < -0.4 is 5.73 Å². The van der Waals surface area contributed by atoms with E-state index in [2.05, 4.69) is 34.8 Å². The van der Waals surface area contributed by atoms with Gasteiger partial charge in [-0.1, -0.05) is 6.42 Å². The van der Waals surface area contributed by atoms with Gasteiger partial charge in [-0.25, -0.2) is 0 Å². The Kier molecular flexibility index (Phi) is 3.44. The van der Waals surface area contributed by atoms with Gasteiger partial charge in [0.1, 0.15) is 0 Å². The van der Waals surface area contributed by atoms with Crippen LogP contribution in [0, 0.1) is 0 Å². The van der Waals surface area contributed by atoms with E-state index < -0.39 is 0 Å². The Hall–Kier alpha value is -0.800. The van der Waals surface area contributed by atoms with E-state index in [1.807, 2.05) is 0 Å². The van der Waals surface area contributed by atoms with E-state index in [-0.39, 0.29) is 0 Å². The van der Waals surface area contributed by atoms with Gasteiger partial charge in [-0.15, -0.1) is 0 Å². The molecule has 0 amide bonds. The first-order chi connectivity index (χ1) is 7.31. The molecule has 1 aliphatic rings. The van der Waals surface area contributed by atoms with Gasteiger partial charge in [0.25, 0.3) is 0 Å². The van der Waals surface area contributed by atoms with Crippen molar-refractivity contribution < 1.29 is 0 Å². The van der Waals surface area contributed by atoms with Gasteiger partial charge in [0, 0.05) is 38.1 Å². The number of aromatic nitrogens is 1. The van der Waals surface area contributed by atoms with E-state index in [1.54, 1.807) is 0 Å². The first-order valence-corrected chi connectivity index (χ1v) is 5.85. The summed E-state index contributed by atoms with van der Waals surface area (Å²) in [5.41, 5.74) is 7.20. The molecule has 2 rings (SSSR count). The third-order valence-corrected chi connectivity index (χ3v) is 3.44. The Morgan fingerprint density at radius 2 is 2.33 bits per heavy atom. The third-order valence-electron chi connectivity index (χ3n) is 3.44. The summed E-state index contributed by atoms with van der Waals surface area (Å²) >= 11 is 0. The summed E-state index contributed by atoms with van der Waals surface area (Å²) in [5.74, 6) is 0. The van der Waals surface area contributed by atoms with Crippen molar-refractivity contribution in [3.8, 4) is 0 Å². The molecule has 15 heavy (non-hydrogen) atoms. The van der Waals surface area contributed by atoms with Crippen molar-refractivity contribution in [2.75, 3.05) is 13.1 Å². The minimum Gasteiger partial charge on any atom is -0.353 e. The molecule has 0 aromatic carbocycles. The van der Waals surface area contributed by atoms with Crippen molar-refractivity contribution in [1.82, 2.24) is 9.47 Å². The van der Waals surface area contributed by atoms with Crippen LogP contribution in [0.4, 0.5) is 0 Å². The summed E-state index contributed by atoms with van der Waals surface area (Å²) in [7, 11) is 2.11. The first kappa shape index (κ1) is 10.7. The molecule has 1 aromatic heterocycles. The number of piperidine rings is 1. The van der Waals surface area contributed by atoms with Gasteiger partial charge in [-0.05, 0) is 31.5 Å². The molecule has 3 heteroatoms. The molecule has 0 bridgehead atoms. The lowest BCUT2D eigenvalue weighted by molar-refractivity contribution is 0.142. The molecular weight excluding hydrogens is 186 g/mol. The van der Waals surface area contributed by atoms with Gasteiger partial charge >= 0.3 is 0 Å². The van der Waals surface area contributed by atoms with Gasteiger partial charge in [0.2, 0.25) is 0 Å². The normalized spacial score (nSPS) is 23.2. The SMILES string of the molecule is Cn1cccc1CN1CCCCC1CN. The molecule has 0 aliphatic carbocycles. The third kappa shape index (κ3) is 2.41. The fourth-order valence-corrected chi connectivity index (χ4v) is 2.40. The molecule has 0 saturated carbocycles. The highest BCUT2D eigenvalue weighted by Crippen LogP contribution is 2.18. The standard InChI is InChI=1S/C12H21N3/c1-14-7-4-6-12(14)10-15-8-3-2-5-11(15)9-13/h4,6-7,11H,2-3,5,8-10,13H2,1H3. The molecule has 1 saturated heterocycles. The van der Waals surface area contributed by atoms with Crippen LogP contribution in [0.5, 0.6) is 0 Å². The molecule has 0 radical (unpaired) electrons. The largest absolute Gasteiger partial charge is 0.353 e. The maximum Gasteiger partial charge on any atom is 0.0390 e. The summed E-state index contributed by atoms with van der Waals surface area (Å²) < 4.78 is 2.20. The second kappa shape index (κ2) is 4.81. The minimum absolute atomic E-state index is 0.591. The zero-order valence-corrected chi connectivity index (χ0v) is 9.52. The Morgan fingerprint density at radius 3 is 3.00 bits per heavy atom. The summed E-state index contributed by atoms with van der Waals surface area (Å²) in [6.45, 7) is 3.04. The fourth-order valence-electron chi connectivity index (χ4n) is 2.40. The van der Waals surface area contributed by atoms with E-state index in [4.69, 9.17) is 5.73 Å². The average Bonchev–Trinajstić information content (AvgIpc) is 2.65. The van der Waals surface area contributed by atoms with Crippen LogP contribution in [0.2, 0.25) is 0 Å². The number of aryl methyl sites for hydroxylation is 1. The molecule has 2 N–H and O–H groups in total. The van der Waals surface area contributed by atoms with Gasteiger partial charge < -0.3 is 10.3 Å². The second-order valence-electron chi connectivity index (χ2n) is 4.47. The van der Waals surface area contributed by atoms with E-state index >= 15 is 0 Å². The summed E-state index contributed by atoms with van der Waals surface area (Å²) in [4.78, 5) is 2.53. The number of nitrogens with zero attached hydrogens (tertiary/aromatic N) is 2. The fraction of sp³-hybridized carbons (Fsp3) is 0.667. The highest BCUT2D eigenvalue weighted by molar-refractivity contribution is 5.06. The number of rotatable bonds is 3. The molecular formula is C12H21N3. The van der Waals surface area contributed by atoms with Crippen LogP contribution in [0.3, 0.4) is 0 Å². The summed E-state index contributed by atoms with van der Waals surface area (Å²) in [6.07, 6.45) is 6.03. The van der Waals surface area contributed by atoms with Gasteiger partial charge in [0.05, 0.1) is 0 Å². The van der Waals surface area contributed by atoms with Crippen molar-refractivity contribution in [1.29, 1.82) is 0 Å². The van der Waals surface area contributed by atoms with Crippen LogP contribution in [-0.4, -0.2) is 28.6 Å². The number of nitrogens with two attached hydrogens (primary N) is 1. The van der Waals surface area contributed by atoms with Crippen molar-refractivity contribution in [2.24, 2.45) is 12.8 Å². The second-order valence-corrected chi connectivity index (χ2v) is 4.47. The van der Waals surface area contributed by atoms with E-state index in [0.717, 1.165) is 13.1 Å². The zero-order valence-electron chi connectivity index (χ0n) is 9.52. The Bertz CT molecular complexity index is 306. The van der Waals surface area contributed by atoms with Crippen molar-refractivity contribution in [3.63, 3.8) is 0 Å². The van der Waals surface area contributed by atoms with Crippen LogP contribution in [0.15, 0.2) is 18.3 Å². The highest BCUT2D eigenvalue weighted by atomic mass is 15.2. The number of hydrogen-bond donors (Lipinski definition) is 1. The predicted molar refractivity (Wildman–Crippen MR) is 62.5 cm³/mol. The maximum absolute atomic E-state index is 5.81. The molecule has 1 aromatic rings. The van der Waals surface area contributed by atoms with Crippen molar-refractivity contribution in [3.05, 3.63) is 24.0 Å². The molecule has 0 spiro atoms. The van der Waals surface area contributed by atoms with E-state index in [9.17, 15) is 0 Å². The lowest BCUT2D eigenvalue weighted by Gasteiger charge is -2.34. The average molecular weight is 207 g/mol. The lowest BCUT2D eigenvalue weighted by atomic mass is 10.0. The minimum atomic E-state index is 0.591. The zero-order chi connectivity index (χ0) is 10.7. The first-order valence-electron chi connectivity index (χ1n) is 5.85. The van der Waals surface area contributed by atoms with Gasteiger partial charge in [-0.3, -0.25) is 4.90 Å². The highest BCUT2D eigenvalue weighted by Gasteiger charge is 2.21. The van der Waals surface area contributed by atoms with E-state index in [1.165, 1.54) is 31.5 Å². The maximum atomic E-state index is 5.81. The Balaban J connectivity index is 2.00. The molecule has 1 aliphatic heterocycles.